The first-order chi connectivity index (χ1) is 15.9. The van der Waals surface area contributed by atoms with Crippen molar-refractivity contribution in [3.8, 4) is 11.1 Å². The lowest BCUT2D eigenvalue weighted by Gasteiger charge is -2.19. The Balaban J connectivity index is 1.67. The van der Waals surface area contributed by atoms with E-state index in [2.05, 4.69) is 85.0 Å². The number of allylic oxidation sites excluding steroid dienone is 4. The number of hydrogen-bond acceptors (Lipinski definition) is 0. The average molecular weight is 411 g/mol. The van der Waals surface area contributed by atoms with E-state index in [9.17, 15) is 0 Å². The summed E-state index contributed by atoms with van der Waals surface area (Å²) in [6.07, 6.45) is 16.9. The normalized spacial score (nSPS) is 16.9. The van der Waals surface area contributed by atoms with Gasteiger partial charge in [0, 0.05) is 0 Å². The maximum atomic E-state index is 2.45. The fourth-order valence-electron chi connectivity index (χ4n) is 6.26. The van der Waals surface area contributed by atoms with Gasteiger partial charge in [-0.2, -0.15) is 0 Å². The van der Waals surface area contributed by atoms with Crippen LogP contribution in [-0.4, -0.2) is 0 Å². The maximum absolute atomic E-state index is 2.45. The Bertz CT molecular complexity index is 1600. The third-order valence-corrected chi connectivity index (χ3v) is 7.69. The predicted molar refractivity (Wildman–Crippen MR) is 138 cm³/mol. The van der Waals surface area contributed by atoms with Gasteiger partial charge in [-0.1, -0.05) is 90.9 Å². The Morgan fingerprint density at radius 2 is 1.31 bits per heavy atom. The van der Waals surface area contributed by atoms with Crippen molar-refractivity contribution < 1.29 is 0 Å². The van der Waals surface area contributed by atoms with Gasteiger partial charge in [0.25, 0.3) is 0 Å². The molecule has 0 atom stereocenters. The van der Waals surface area contributed by atoms with Crippen molar-refractivity contribution in [2.75, 3.05) is 0 Å². The summed E-state index contributed by atoms with van der Waals surface area (Å²) in [7, 11) is 0. The predicted octanol–water partition coefficient (Wildman–Crippen LogP) is 7.26. The quantitative estimate of drug-likeness (QED) is 0.255. The molecule has 0 N–H and O–H groups in total. The lowest BCUT2D eigenvalue weighted by Crippen LogP contribution is -2.20. The Hall–Kier alpha value is -3.38. The zero-order valence-corrected chi connectivity index (χ0v) is 18.3. The highest BCUT2D eigenvalue weighted by Gasteiger charge is 2.25. The molecule has 4 aromatic rings. The third-order valence-electron chi connectivity index (χ3n) is 7.69. The molecule has 0 heteroatoms. The molecule has 0 aromatic heterocycles. The third kappa shape index (κ3) is 2.56. The molecule has 7 rings (SSSR count). The zero-order chi connectivity index (χ0) is 21.1. The first-order valence-corrected chi connectivity index (χ1v) is 12.1. The standard InChI is InChI=1S/C32H26/c1-2-10-21(11-3-1)24-19-18-23-20-29-27-16-7-6-14-25(27)26-15-8-9-17-28(26)32(29)31(23)30(24)22-12-4-5-13-22/h4-9,12,14-20H,1-3,10-11,13H2. The summed E-state index contributed by atoms with van der Waals surface area (Å²) in [4.78, 5) is 0. The fourth-order valence-corrected chi connectivity index (χ4v) is 6.26. The van der Waals surface area contributed by atoms with Gasteiger partial charge in [0.05, 0.1) is 0 Å². The van der Waals surface area contributed by atoms with Gasteiger partial charge < -0.3 is 0 Å². The van der Waals surface area contributed by atoms with E-state index in [-0.39, 0.29) is 0 Å². The topological polar surface area (TPSA) is 0 Å². The first kappa shape index (κ1) is 18.2. The molecule has 0 nitrogen and oxygen atoms in total. The molecule has 0 bridgehead atoms. The van der Waals surface area contributed by atoms with Crippen LogP contribution in [0.1, 0.15) is 49.7 Å². The van der Waals surface area contributed by atoms with Gasteiger partial charge >= 0.3 is 0 Å². The Morgan fingerprint density at radius 1 is 0.594 bits per heavy atom. The summed E-state index contributed by atoms with van der Waals surface area (Å²) in [5, 5.41) is 8.37. The summed E-state index contributed by atoms with van der Waals surface area (Å²) in [5.41, 5.74) is 8.95. The van der Waals surface area contributed by atoms with Crippen LogP contribution >= 0.6 is 0 Å². The first-order valence-electron chi connectivity index (χ1n) is 12.1. The van der Waals surface area contributed by atoms with Crippen LogP contribution in [0.3, 0.4) is 0 Å². The molecule has 0 unspecified atom stereocenters. The molecule has 4 aromatic carbocycles. The minimum atomic E-state index is 1.04. The SMILES string of the molecule is C1=CCC(c2c3c(ccc2=C2CCCCC2)=Cc2c-3c3ccccc3c3ccccc23)=C1. The van der Waals surface area contributed by atoms with E-state index in [1.807, 2.05) is 0 Å². The average Bonchev–Trinajstić information content (AvgIpc) is 3.53. The summed E-state index contributed by atoms with van der Waals surface area (Å²) in [6.45, 7) is 0. The molecule has 3 aliphatic rings. The van der Waals surface area contributed by atoms with Crippen LogP contribution in [0, 0.1) is 0 Å². The van der Waals surface area contributed by atoms with E-state index in [1.165, 1.54) is 91.9 Å². The number of fused-ring (bicyclic) bond motifs is 8. The molecule has 0 saturated heterocycles. The van der Waals surface area contributed by atoms with Gasteiger partial charge in [-0.25, -0.2) is 0 Å². The van der Waals surface area contributed by atoms with Crippen molar-refractivity contribution in [2.24, 2.45) is 0 Å². The van der Waals surface area contributed by atoms with Crippen molar-refractivity contribution in [3.05, 3.63) is 100 Å². The monoisotopic (exact) mass is 410 g/mol. The van der Waals surface area contributed by atoms with Crippen LogP contribution in [0.4, 0.5) is 0 Å². The highest BCUT2D eigenvalue weighted by atomic mass is 14.3. The minimum Gasteiger partial charge on any atom is -0.0801 e. The lowest BCUT2D eigenvalue weighted by molar-refractivity contribution is 0.643. The van der Waals surface area contributed by atoms with Gasteiger partial charge in [0.2, 0.25) is 0 Å². The summed E-state index contributed by atoms with van der Waals surface area (Å²) in [6, 6.07) is 22.8. The van der Waals surface area contributed by atoms with E-state index in [0.717, 1.165) is 6.42 Å². The van der Waals surface area contributed by atoms with Crippen LogP contribution in [0.25, 0.3) is 49.9 Å². The van der Waals surface area contributed by atoms with E-state index in [1.54, 1.807) is 5.57 Å². The van der Waals surface area contributed by atoms with Crippen molar-refractivity contribution >= 4 is 38.8 Å². The molecular weight excluding hydrogens is 384 g/mol. The molecule has 1 fully saturated rings. The Labute approximate surface area is 188 Å². The van der Waals surface area contributed by atoms with Crippen LogP contribution < -0.4 is 10.4 Å². The summed E-state index contributed by atoms with van der Waals surface area (Å²) >= 11 is 0. The summed E-state index contributed by atoms with van der Waals surface area (Å²) in [5.74, 6) is 0. The molecule has 0 radical (unpaired) electrons. The molecule has 0 aliphatic heterocycles. The van der Waals surface area contributed by atoms with Crippen LogP contribution in [0.2, 0.25) is 0 Å². The van der Waals surface area contributed by atoms with E-state index in [0.29, 0.717) is 0 Å². The van der Waals surface area contributed by atoms with Crippen molar-refractivity contribution in [1.29, 1.82) is 0 Å². The highest BCUT2D eigenvalue weighted by molar-refractivity contribution is 6.20. The fraction of sp³-hybridized carbons (Fsp3) is 0.188. The van der Waals surface area contributed by atoms with Gasteiger partial charge in [-0.05, 0) is 98.0 Å². The van der Waals surface area contributed by atoms with Gasteiger partial charge in [-0.15, -0.1) is 0 Å². The number of hydrogen-bond donors (Lipinski definition) is 0. The molecule has 0 spiro atoms. The van der Waals surface area contributed by atoms with Crippen LogP contribution in [-0.2, 0) is 0 Å². The van der Waals surface area contributed by atoms with Gasteiger partial charge in [0.15, 0.2) is 0 Å². The molecule has 0 heterocycles. The molecule has 0 amide bonds. The van der Waals surface area contributed by atoms with Crippen molar-refractivity contribution in [3.63, 3.8) is 0 Å². The minimum absolute atomic E-state index is 1.04. The molecular formula is C32H26. The lowest BCUT2D eigenvalue weighted by atomic mass is 9.84. The van der Waals surface area contributed by atoms with Crippen LogP contribution in [0.5, 0.6) is 0 Å². The van der Waals surface area contributed by atoms with E-state index >= 15 is 0 Å². The van der Waals surface area contributed by atoms with Crippen molar-refractivity contribution in [2.45, 2.75) is 38.5 Å². The largest absolute Gasteiger partial charge is 0.0801 e. The second-order valence-electron chi connectivity index (χ2n) is 9.46. The second kappa shape index (κ2) is 7.07. The second-order valence-corrected chi connectivity index (χ2v) is 9.46. The number of rotatable bonds is 1. The van der Waals surface area contributed by atoms with Gasteiger partial charge in [0.1, 0.15) is 0 Å². The Morgan fingerprint density at radius 3 is 2.06 bits per heavy atom. The summed E-state index contributed by atoms with van der Waals surface area (Å²) < 4.78 is 0. The number of benzene rings is 4. The van der Waals surface area contributed by atoms with E-state index < -0.39 is 0 Å². The van der Waals surface area contributed by atoms with Crippen LogP contribution in [0.15, 0.2) is 78.9 Å². The molecule has 3 aliphatic carbocycles. The zero-order valence-electron chi connectivity index (χ0n) is 18.3. The molecule has 32 heavy (non-hydrogen) atoms. The smallest absolute Gasteiger partial charge is 0.00138 e. The van der Waals surface area contributed by atoms with E-state index in [4.69, 9.17) is 0 Å². The van der Waals surface area contributed by atoms with Crippen molar-refractivity contribution in [1.82, 2.24) is 0 Å². The van der Waals surface area contributed by atoms with Gasteiger partial charge in [-0.3, -0.25) is 0 Å². The maximum Gasteiger partial charge on any atom is -0.00138 e. The Kier molecular flexibility index (Phi) is 4.02. The molecule has 154 valence electrons. The molecule has 1 saturated carbocycles. The highest BCUT2D eigenvalue weighted by Crippen LogP contribution is 2.43.